The summed E-state index contributed by atoms with van der Waals surface area (Å²) in [4.78, 5) is 16.2. The van der Waals surface area contributed by atoms with Crippen LogP contribution in [0.1, 0.15) is 11.3 Å². The van der Waals surface area contributed by atoms with Crippen LogP contribution < -0.4 is 5.43 Å². The van der Waals surface area contributed by atoms with Gasteiger partial charge >= 0.3 is 0 Å². The molecule has 1 heterocycles. The predicted molar refractivity (Wildman–Crippen MR) is 93.3 cm³/mol. The fourth-order valence-corrected chi connectivity index (χ4v) is 2.92. The fraction of sp³-hybridized carbons (Fsp3) is 0.0556. The molecule has 2 aromatic carbocycles. The molecule has 3 aromatic rings. The fourth-order valence-electron chi connectivity index (χ4n) is 2.10. The van der Waals surface area contributed by atoms with Crippen molar-refractivity contribution in [3.63, 3.8) is 0 Å². The molecular weight excluding hydrogens is 363 g/mol. The van der Waals surface area contributed by atoms with Gasteiger partial charge in [-0.1, -0.05) is 0 Å². The molecule has 0 saturated heterocycles. The summed E-state index contributed by atoms with van der Waals surface area (Å²) in [6.45, 7) is 0. The van der Waals surface area contributed by atoms with Crippen molar-refractivity contribution in [3.8, 4) is 10.6 Å². The van der Waals surface area contributed by atoms with Crippen molar-refractivity contribution in [1.29, 1.82) is 0 Å². The van der Waals surface area contributed by atoms with Crippen molar-refractivity contribution >= 4 is 23.5 Å². The molecule has 4 nitrogen and oxygen atoms in total. The summed E-state index contributed by atoms with van der Waals surface area (Å²) in [5, 5.41) is 6.04. The van der Waals surface area contributed by atoms with Gasteiger partial charge in [-0.05, 0) is 36.4 Å². The van der Waals surface area contributed by atoms with E-state index in [0.29, 0.717) is 10.7 Å². The zero-order valence-corrected chi connectivity index (χ0v) is 14.1. The molecule has 0 fully saturated rings. The van der Waals surface area contributed by atoms with Crippen LogP contribution >= 0.6 is 11.3 Å². The van der Waals surface area contributed by atoms with E-state index in [4.69, 9.17) is 0 Å². The summed E-state index contributed by atoms with van der Waals surface area (Å²) < 4.78 is 39.2. The maximum Gasteiger partial charge on any atom is 0.246 e. The molecule has 1 N–H and O–H groups in total. The molecule has 3 rings (SSSR count). The first-order chi connectivity index (χ1) is 12.5. The van der Waals surface area contributed by atoms with E-state index in [1.54, 1.807) is 17.5 Å². The van der Waals surface area contributed by atoms with Crippen LogP contribution in [-0.2, 0) is 11.2 Å². The molecule has 0 spiro atoms. The van der Waals surface area contributed by atoms with Crippen molar-refractivity contribution in [2.24, 2.45) is 5.10 Å². The van der Waals surface area contributed by atoms with E-state index in [-0.39, 0.29) is 17.8 Å². The number of hydrogen-bond acceptors (Lipinski definition) is 4. The van der Waals surface area contributed by atoms with Gasteiger partial charge < -0.3 is 0 Å². The quantitative estimate of drug-likeness (QED) is 0.543. The molecule has 0 bridgehead atoms. The number of carbonyl (C=O) groups is 1. The average Bonchev–Trinajstić information content (AvgIpc) is 3.06. The molecule has 0 aliphatic rings. The number of amides is 1. The van der Waals surface area contributed by atoms with E-state index in [1.165, 1.54) is 29.5 Å². The molecule has 0 aliphatic carbocycles. The number of nitrogens with one attached hydrogen (secondary N) is 1. The monoisotopic (exact) mass is 375 g/mol. The molecule has 0 radical (unpaired) electrons. The third-order valence-corrected chi connectivity index (χ3v) is 4.28. The second-order valence-corrected chi connectivity index (χ2v) is 6.14. The van der Waals surface area contributed by atoms with Crippen molar-refractivity contribution < 1.29 is 18.0 Å². The van der Waals surface area contributed by atoms with Gasteiger partial charge in [0.25, 0.3) is 0 Å². The van der Waals surface area contributed by atoms with Gasteiger partial charge in [-0.25, -0.2) is 23.6 Å². The summed E-state index contributed by atoms with van der Waals surface area (Å²) >= 11 is 1.34. The number of hydrazone groups is 1. The first kappa shape index (κ1) is 17.8. The summed E-state index contributed by atoms with van der Waals surface area (Å²) in [6, 6.07) is 8.95. The summed E-state index contributed by atoms with van der Waals surface area (Å²) in [7, 11) is 0. The third-order valence-electron chi connectivity index (χ3n) is 3.34. The van der Waals surface area contributed by atoms with Crippen molar-refractivity contribution in [2.75, 3.05) is 0 Å². The van der Waals surface area contributed by atoms with Crippen molar-refractivity contribution in [2.45, 2.75) is 6.42 Å². The molecule has 1 aromatic heterocycles. The Morgan fingerprint density at radius 1 is 1.12 bits per heavy atom. The van der Waals surface area contributed by atoms with Gasteiger partial charge in [-0.2, -0.15) is 5.10 Å². The lowest BCUT2D eigenvalue weighted by atomic mass is 10.2. The summed E-state index contributed by atoms with van der Waals surface area (Å²) in [6.07, 6.45) is 1.08. The standard InChI is InChI=1S/C18H12F3N3OS/c19-13-4-1-11(2-5-13)18-23-15(10-26-18)8-17(25)24-22-9-12-3-6-14(20)7-16(12)21/h1-7,9-10H,8H2,(H,24,25)/b22-9-. The summed E-state index contributed by atoms with van der Waals surface area (Å²) in [5.41, 5.74) is 3.61. The van der Waals surface area contributed by atoms with E-state index >= 15 is 0 Å². The smallest absolute Gasteiger partial charge is 0.246 e. The van der Waals surface area contributed by atoms with Crippen molar-refractivity contribution in [1.82, 2.24) is 10.4 Å². The second kappa shape index (κ2) is 7.92. The number of rotatable bonds is 5. The Hall–Kier alpha value is -3.00. The maximum atomic E-state index is 13.4. The Labute approximate surface area is 151 Å². The molecule has 0 atom stereocenters. The maximum absolute atomic E-state index is 13.4. The highest BCUT2D eigenvalue weighted by atomic mass is 32.1. The molecular formula is C18H12F3N3OS. The number of thiazole rings is 1. The Morgan fingerprint density at radius 3 is 2.58 bits per heavy atom. The summed E-state index contributed by atoms with van der Waals surface area (Å²) in [5.74, 6) is -2.23. The van der Waals surface area contributed by atoms with Crippen LogP contribution in [0.3, 0.4) is 0 Å². The van der Waals surface area contributed by atoms with Crippen LogP contribution in [0.15, 0.2) is 52.9 Å². The van der Waals surface area contributed by atoms with E-state index in [9.17, 15) is 18.0 Å². The second-order valence-electron chi connectivity index (χ2n) is 5.29. The highest BCUT2D eigenvalue weighted by Gasteiger charge is 2.09. The van der Waals surface area contributed by atoms with E-state index in [0.717, 1.165) is 23.9 Å². The van der Waals surface area contributed by atoms with Gasteiger partial charge in [-0.3, -0.25) is 4.79 Å². The minimum absolute atomic E-state index is 0.0130. The van der Waals surface area contributed by atoms with Gasteiger partial charge in [-0.15, -0.1) is 11.3 Å². The zero-order valence-electron chi connectivity index (χ0n) is 13.2. The van der Waals surface area contributed by atoms with Crippen LogP contribution in [0.2, 0.25) is 0 Å². The van der Waals surface area contributed by atoms with E-state index in [1.807, 2.05) is 0 Å². The molecule has 8 heteroatoms. The van der Waals surface area contributed by atoms with Crippen LogP contribution in [-0.4, -0.2) is 17.1 Å². The lowest BCUT2D eigenvalue weighted by Gasteiger charge is -1.99. The number of carbonyl (C=O) groups excluding carboxylic acids is 1. The van der Waals surface area contributed by atoms with Crippen molar-refractivity contribution in [3.05, 3.63) is 76.6 Å². The lowest BCUT2D eigenvalue weighted by Crippen LogP contribution is -2.20. The van der Waals surface area contributed by atoms with Crippen LogP contribution in [0, 0.1) is 17.5 Å². The highest BCUT2D eigenvalue weighted by Crippen LogP contribution is 2.24. The van der Waals surface area contributed by atoms with Gasteiger partial charge in [0, 0.05) is 22.6 Å². The molecule has 0 saturated carbocycles. The Kier molecular flexibility index (Phi) is 5.43. The number of benzene rings is 2. The molecule has 0 aliphatic heterocycles. The Morgan fingerprint density at radius 2 is 1.85 bits per heavy atom. The van der Waals surface area contributed by atoms with Gasteiger partial charge in [0.05, 0.1) is 18.3 Å². The average molecular weight is 375 g/mol. The molecule has 1 amide bonds. The Balaban J connectivity index is 1.58. The van der Waals surface area contributed by atoms with Crippen LogP contribution in [0.5, 0.6) is 0 Å². The van der Waals surface area contributed by atoms with E-state index < -0.39 is 17.5 Å². The number of aromatic nitrogens is 1. The largest absolute Gasteiger partial charge is 0.273 e. The van der Waals surface area contributed by atoms with Crippen LogP contribution in [0.25, 0.3) is 10.6 Å². The number of halogens is 3. The predicted octanol–water partition coefficient (Wildman–Crippen LogP) is 3.92. The normalized spacial score (nSPS) is 11.0. The lowest BCUT2D eigenvalue weighted by molar-refractivity contribution is -0.120. The topological polar surface area (TPSA) is 54.4 Å². The minimum Gasteiger partial charge on any atom is -0.273 e. The molecule has 132 valence electrons. The number of hydrogen-bond donors (Lipinski definition) is 1. The Bertz CT molecular complexity index is 955. The number of nitrogens with zero attached hydrogens (tertiary/aromatic N) is 2. The molecule has 0 unspecified atom stereocenters. The first-order valence-electron chi connectivity index (χ1n) is 7.48. The van der Waals surface area contributed by atoms with Crippen LogP contribution in [0.4, 0.5) is 13.2 Å². The van der Waals surface area contributed by atoms with Gasteiger partial charge in [0.15, 0.2) is 0 Å². The first-order valence-corrected chi connectivity index (χ1v) is 8.36. The molecule has 26 heavy (non-hydrogen) atoms. The SMILES string of the molecule is O=C(Cc1csc(-c2ccc(F)cc2)n1)N/N=C\c1ccc(F)cc1F. The highest BCUT2D eigenvalue weighted by molar-refractivity contribution is 7.13. The minimum atomic E-state index is -0.772. The van der Waals surface area contributed by atoms with Gasteiger partial charge in [0.1, 0.15) is 22.5 Å². The third kappa shape index (κ3) is 4.54. The van der Waals surface area contributed by atoms with E-state index in [2.05, 4.69) is 15.5 Å². The van der Waals surface area contributed by atoms with Gasteiger partial charge in [0.2, 0.25) is 5.91 Å². The zero-order chi connectivity index (χ0) is 18.5.